The first-order valence-electron chi connectivity index (χ1n) is 7.35. The monoisotopic (exact) mass is 319 g/mol. The Balaban J connectivity index is 1.66. The summed E-state index contributed by atoms with van der Waals surface area (Å²) in [7, 11) is 0. The smallest absolute Gasteiger partial charge is 0.291 e. The fourth-order valence-corrected chi connectivity index (χ4v) is 2.43. The van der Waals surface area contributed by atoms with E-state index in [0.717, 1.165) is 11.3 Å². The van der Waals surface area contributed by atoms with Gasteiger partial charge in [0.2, 0.25) is 0 Å². The number of aromatic amines is 1. The van der Waals surface area contributed by atoms with E-state index in [2.05, 4.69) is 15.5 Å². The number of nitrogens with zero attached hydrogens (tertiary/aromatic N) is 1. The van der Waals surface area contributed by atoms with Gasteiger partial charge in [0.05, 0.1) is 23.9 Å². The highest BCUT2D eigenvalue weighted by Crippen LogP contribution is 2.29. The largest absolute Gasteiger partial charge is 0.463 e. The minimum absolute atomic E-state index is 0.255. The molecular formula is C18H13N3O3. The zero-order chi connectivity index (χ0) is 16.4. The SMILES string of the molecule is O=C(Nc1ccccc1-c1cc(-c2ccco2)n[nH]1)c1ccco1. The molecule has 4 aromatic rings. The Morgan fingerprint density at radius 2 is 1.83 bits per heavy atom. The molecule has 4 rings (SSSR count). The van der Waals surface area contributed by atoms with Crippen LogP contribution in [0.25, 0.3) is 22.7 Å². The van der Waals surface area contributed by atoms with E-state index in [-0.39, 0.29) is 11.7 Å². The second-order valence-electron chi connectivity index (χ2n) is 5.12. The summed E-state index contributed by atoms with van der Waals surface area (Å²) in [5.74, 6) is 0.624. The lowest BCUT2D eigenvalue weighted by molar-refractivity contribution is 0.0996. The maximum Gasteiger partial charge on any atom is 0.291 e. The number of benzene rings is 1. The molecule has 3 heterocycles. The molecule has 1 aromatic carbocycles. The van der Waals surface area contributed by atoms with Gasteiger partial charge in [0, 0.05) is 5.56 Å². The third-order valence-electron chi connectivity index (χ3n) is 3.56. The number of hydrogen-bond acceptors (Lipinski definition) is 4. The van der Waals surface area contributed by atoms with E-state index in [0.29, 0.717) is 17.1 Å². The highest BCUT2D eigenvalue weighted by atomic mass is 16.3. The van der Waals surface area contributed by atoms with Gasteiger partial charge in [-0.15, -0.1) is 0 Å². The number of carbonyl (C=O) groups excluding carboxylic acids is 1. The van der Waals surface area contributed by atoms with Crippen molar-refractivity contribution in [3.63, 3.8) is 0 Å². The fraction of sp³-hybridized carbons (Fsp3) is 0. The third kappa shape index (κ3) is 2.61. The van der Waals surface area contributed by atoms with Gasteiger partial charge in [0.1, 0.15) is 5.69 Å². The Morgan fingerprint density at radius 3 is 2.62 bits per heavy atom. The lowest BCUT2D eigenvalue weighted by Gasteiger charge is -2.08. The summed E-state index contributed by atoms with van der Waals surface area (Å²) in [5, 5.41) is 10.1. The number of H-pyrrole nitrogens is 1. The second-order valence-corrected chi connectivity index (χ2v) is 5.12. The summed E-state index contributed by atoms with van der Waals surface area (Å²) in [5.41, 5.74) is 2.95. The molecule has 0 bridgehead atoms. The Bertz CT molecular complexity index is 953. The summed E-state index contributed by atoms with van der Waals surface area (Å²) < 4.78 is 10.5. The van der Waals surface area contributed by atoms with Crippen LogP contribution in [0.15, 0.2) is 76.0 Å². The average molecular weight is 319 g/mol. The lowest BCUT2D eigenvalue weighted by Crippen LogP contribution is -2.11. The van der Waals surface area contributed by atoms with Crippen LogP contribution in [0.2, 0.25) is 0 Å². The summed E-state index contributed by atoms with van der Waals surface area (Å²) in [6.45, 7) is 0. The van der Waals surface area contributed by atoms with Gasteiger partial charge in [0.25, 0.3) is 5.91 Å². The summed E-state index contributed by atoms with van der Waals surface area (Å²) >= 11 is 0. The van der Waals surface area contributed by atoms with Crippen LogP contribution in [0.4, 0.5) is 5.69 Å². The van der Waals surface area contributed by atoms with E-state index >= 15 is 0 Å². The molecule has 6 heteroatoms. The molecule has 0 saturated heterocycles. The van der Waals surface area contributed by atoms with Crippen LogP contribution in [0, 0.1) is 0 Å². The van der Waals surface area contributed by atoms with Crippen molar-refractivity contribution in [2.45, 2.75) is 0 Å². The van der Waals surface area contributed by atoms with Crippen LogP contribution in [0.3, 0.4) is 0 Å². The molecule has 0 fully saturated rings. The van der Waals surface area contributed by atoms with Crippen LogP contribution < -0.4 is 5.32 Å². The first-order valence-corrected chi connectivity index (χ1v) is 7.35. The predicted octanol–water partition coefficient (Wildman–Crippen LogP) is 4.18. The Labute approximate surface area is 137 Å². The number of rotatable bonds is 4. The fourth-order valence-electron chi connectivity index (χ4n) is 2.43. The third-order valence-corrected chi connectivity index (χ3v) is 3.56. The molecule has 3 aromatic heterocycles. The Morgan fingerprint density at radius 1 is 1.00 bits per heavy atom. The van der Waals surface area contributed by atoms with Gasteiger partial charge in [-0.1, -0.05) is 18.2 Å². The van der Waals surface area contributed by atoms with Gasteiger partial charge in [-0.3, -0.25) is 9.89 Å². The topological polar surface area (TPSA) is 84.1 Å². The van der Waals surface area contributed by atoms with E-state index in [1.165, 1.54) is 6.26 Å². The van der Waals surface area contributed by atoms with E-state index in [9.17, 15) is 4.79 Å². The maximum atomic E-state index is 12.2. The Kier molecular flexibility index (Phi) is 3.47. The van der Waals surface area contributed by atoms with Crippen molar-refractivity contribution < 1.29 is 13.6 Å². The van der Waals surface area contributed by atoms with Gasteiger partial charge in [-0.05, 0) is 36.4 Å². The van der Waals surface area contributed by atoms with Crippen molar-refractivity contribution in [2.75, 3.05) is 5.32 Å². The van der Waals surface area contributed by atoms with E-state index in [4.69, 9.17) is 8.83 Å². The van der Waals surface area contributed by atoms with E-state index < -0.39 is 0 Å². The van der Waals surface area contributed by atoms with E-state index in [1.54, 1.807) is 24.5 Å². The summed E-state index contributed by atoms with van der Waals surface area (Å²) in [6, 6.07) is 16.3. The average Bonchev–Trinajstić information content (AvgIpc) is 3.35. The van der Waals surface area contributed by atoms with Crippen molar-refractivity contribution in [3.05, 3.63) is 72.9 Å². The molecule has 0 unspecified atom stereocenters. The molecule has 2 N–H and O–H groups in total. The number of anilines is 1. The van der Waals surface area contributed by atoms with Crippen LogP contribution >= 0.6 is 0 Å². The quantitative estimate of drug-likeness (QED) is 0.591. The number of hydrogen-bond donors (Lipinski definition) is 2. The number of para-hydroxylation sites is 1. The summed E-state index contributed by atoms with van der Waals surface area (Å²) in [6.07, 6.45) is 3.06. The van der Waals surface area contributed by atoms with Crippen molar-refractivity contribution in [3.8, 4) is 22.7 Å². The number of amides is 1. The van der Waals surface area contributed by atoms with Crippen LogP contribution in [0.1, 0.15) is 10.6 Å². The van der Waals surface area contributed by atoms with Crippen molar-refractivity contribution >= 4 is 11.6 Å². The zero-order valence-electron chi connectivity index (χ0n) is 12.5. The minimum atomic E-state index is -0.307. The van der Waals surface area contributed by atoms with Crippen LogP contribution in [-0.2, 0) is 0 Å². The molecule has 0 aliphatic carbocycles. The minimum Gasteiger partial charge on any atom is -0.463 e. The standard InChI is InChI=1S/C18H13N3O3/c22-18(17-8-4-10-24-17)19-13-6-2-1-5-12(13)14-11-15(21-20-14)16-7-3-9-23-16/h1-11H,(H,19,22)(H,20,21). The molecular weight excluding hydrogens is 306 g/mol. The molecule has 6 nitrogen and oxygen atoms in total. The second kappa shape index (κ2) is 5.92. The number of nitrogens with one attached hydrogen (secondary N) is 2. The predicted molar refractivity (Wildman–Crippen MR) is 88.4 cm³/mol. The molecule has 0 atom stereocenters. The Hall–Kier alpha value is -3.54. The van der Waals surface area contributed by atoms with Crippen molar-refractivity contribution in [1.82, 2.24) is 10.2 Å². The highest BCUT2D eigenvalue weighted by Gasteiger charge is 2.14. The normalized spacial score (nSPS) is 10.7. The van der Waals surface area contributed by atoms with E-state index in [1.807, 2.05) is 36.4 Å². The molecule has 0 radical (unpaired) electrons. The zero-order valence-corrected chi connectivity index (χ0v) is 12.5. The van der Waals surface area contributed by atoms with Crippen LogP contribution in [-0.4, -0.2) is 16.1 Å². The van der Waals surface area contributed by atoms with Crippen molar-refractivity contribution in [1.29, 1.82) is 0 Å². The highest BCUT2D eigenvalue weighted by molar-refractivity contribution is 6.04. The maximum absolute atomic E-state index is 12.2. The lowest BCUT2D eigenvalue weighted by atomic mass is 10.1. The molecule has 1 amide bonds. The van der Waals surface area contributed by atoms with Gasteiger partial charge >= 0.3 is 0 Å². The van der Waals surface area contributed by atoms with Crippen LogP contribution in [0.5, 0.6) is 0 Å². The van der Waals surface area contributed by atoms with Crippen molar-refractivity contribution in [2.24, 2.45) is 0 Å². The molecule has 118 valence electrons. The number of carbonyl (C=O) groups is 1. The number of aromatic nitrogens is 2. The number of furan rings is 2. The first kappa shape index (κ1) is 14.1. The van der Waals surface area contributed by atoms with Gasteiger partial charge < -0.3 is 14.2 Å². The molecule has 0 saturated carbocycles. The first-order chi connectivity index (χ1) is 11.8. The molecule has 0 spiro atoms. The molecule has 0 aliphatic heterocycles. The van der Waals surface area contributed by atoms with Gasteiger partial charge in [0.15, 0.2) is 11.5 Å². The molecule has 0 aliphatic rings. The van der Waals surface area contributed by atoms with Gasteiger partial charge in [-0.2, -0.15) is 5.10 Å². The van der Waals surface area contributed by atoms with Gasteiger partial charge in [-0.25, -0.2) is 0 Å². The molecule has 24 heavy (non-hydrogen) atoms. The summed E-state index contributed by atoms with van der Waals surface area (Å²) in [4.78, 5) is 12.2.